The minimum atomic E-state index is -3.65. The van der Waals surface area contributed by atoms with Gasteiger partial charge in [0.15, 0.2) is 0 Å². The molecule has 0 saturated carbocycles. The molecular formula is C12H15N3O2S2. The standard InChI is InChI=1S/C12H15N3O2S2/c13-11-4-5-18-12(11)8-15-7-9-2-1-3-10(6-9)19(14,16)17/h1-6,15H,7-8,13H2,(H2,14,16,17). The van der Waals surface area contributed by atoms with E-state index in [1.54, 1.807) is 23.5 Å². The van der Waals surface area contributed by atoms with Crippen molar-refractivity contribution in [2.45, 2.75) is 18.0 Å². The van der Waals surface area contributed by atoms with E-state index in [4.69, 9.17) is 10.9 Å². The number of hydrogen-bond acceptors (Lipinski definition) is 5. The van der Waals surface area contributed by atoms with Crippen LogP contribution < -0.4 is 16.2 Å². The first-order chi connectivity index (χ1) is 8.97. The Morgan fingerprint density at radius 3 is 2.63 bits per heavy atom. The second-order valence-corrected chi connectivity index (χ2v) is 6.66. The van der Waals surface area contributed by atoms with Gasteiger partial charge in [-0.25, -0.2) is 13.6 Å². The average Bonchev–Trinajstić information content (AvgIpc) is 2.75. The third-order valence-electron chi connectivity index (χ3n) is 2.62. The second kappa shape index (κ2) is 5.70. The normalized spacial score (nSPS) is 11.6. The average molecular weight is 297 g/mol. The molecular weight excluding hydrogens is 282 g/mol. The molecule has 0 radical (unpaired) electrons. The van der Waals surface area contributed by atoms with E-state index in [1.165, 1.54) is 6.07 Å². The lowest BCUT2D eigenvalue weighted by Gasteiger charge is -2.06. The Morgan fingerprint density at radius 2 is 2.00 bits per heavy atom. The predicted octanol–water partition coefficient (Wildman–Crippen LogP) is 1.27. The first-order valence-corrected chi connectivity index (χ1v) is 8.04. The molecule has 2 aromatic rings. The topological polar surface area (TPSA) is 98.2 Å². The van der Waals surface area contributed by atoms with Gasteiger partial charge in [0.2, 0.25) is 10.0 Å². The highest BCUT2D eigenvalue weighted by atomic mass is 32.2. The summed E-state index contributed by atoms with van der Waals surface area (Å²) in [5, 5.41) is 10.2. The van der Waals surface area contributed by atoms with Crippen molar-refractivity contribution in [2.24, 2.45) is 5.14 Å². The SMILES string of the molecule is Nc1ccsc1CNCc1cccc(S(N)(=O)=O)c1. The van der Waals surface area contributed by atoms with Crippen LogP contribution in [0.3, 0.4) is 0 Å². The predicted molar refractivity (Wildman–Crippen MR) is 77.1 cm³/mol. The van der Waals surface area contributed by atoms with Crippen molar-refractivity contribution in [3.05, 3.63) is 46.2 Å². The third-order valence-corrected chi connectivity index (χ3v) is 4.47. The van der Waals surface area contributed by atoms with Crippen LogP contribution in [0.4, 0.5) is 5.69 Å². The van der Waals surface area contributed by atoms with E-state index in [0.717, 1.165) is 16.1 Å². The van der Waals surface area contributed by atoms with Crippen molar-refractivity contribution < 1.29 is 8.42 Å². The van der Waals surface area contributed by atoms with Gasteiger partial charge in [0, 0.05) is 23.7 Å². The first-order valence-electron chi connectivity index (χ1n) is 5.61. The number of anilines is 1. The van der Waals surface area contributed by atoms with E-state index < -0.39 is 10.0 Å². The van der Waals surface area contributed by atoms with Gasteiger partial charge < -0.3 is 11.1 Å². The van der Waals surface area contributed by atoms with Crippen molar-refractivity contribution in [3.8, 4) is 0 Å². The van der Waals surface area contributed by atoms with E-state index in [1.807, 2.05) is 17.5 Å². The van der Waals surface area contributed by atoms with E-state index in [0.29, 0.717) is 13.1 Å². The number of primary sulfonamides is 1. The highest BCUT2D eigenvalue weighted by Gasteiger charge is 2.07. The molecule has 0 aliphatic heterocycles. The van der Waals surface area contributed by atoms with Gasteiger partial charge in [-0.15, -0.1) is 11.3 Å². The van der Waals surface area contributed by atoms with E-state index in [2.05, 4.69) is 5.32 Å². The Morgan fingerprint density at radius 1 is 1.21 bits per heavy atom. The highest BCUT2D eigenvalue weighted by Crippen LogP contribution is 2.18. The minimum Gasteiger partial charge on any atom is -0.398 e. The zero-order valence-corrected chi connectivity index (χ0v) is 11.8. The van der Waals surface area contributed by atoms with Crippen LogP contribution in [0, 0.1) is 0 Å². The zero-order chi connectivity index (χ0) is 13.9. The van der Waals surface area contributed by atoms with Gasteiger partial charge in [-0.1, -0.05) is 12.1 Å². The number of sulfonamides is 1. The second-order valence-electron chi connectivity index (χ2n) is 4.10. The number of hydrogen-bond donors (Lipinski definition) is 3. The summed E-state index contributed by atoms with van der Waals surface area (Å²) >= 11 is 1.59. The Hall–Kier alpha value is -1.41. The lowest BCUT2D eigenvalue weighted by Crippen LogP contribution is -2.15. The third kappa shape index (κ3) is 3.77. The van der Waals surface area contributed by atoms with Crippen molar-refractivity contribution in [1.29, 1.82) is 0 Å². The summed E-state index contributed by atoms with van der Waals surface area (Å²) in [6.07, 6.45) is 0. The lowest BCUT2D eigenvalue weighted by atomic mass is 10.2. The Kier molecular flexibility index (Phi) is 4.20. The van der Waals surface area contributed by atoms with Gasteiger partial charge in [0.05, 0.1) is 4.90 Å². The molecule has 0 aliphatic rings. The van der Waals surface area contributed by atoms with Crippen LogP contribution in [-0.2, 0) is 23.1 Å². The number of nitrogens with one attached hydrogen (secondary N) is 1. The number of nitrogen functional groups attached to an aromatic ring is 1. The van der Waals surface area contributed by atoms with E-state index >= 15 is 0 Å². The number of nitrogens with two attached hydrogens (primary N) is 2. The molecule has 1 aromatic carbocycles. The van der Waals surface area contributed by atoms with Crippen molar-refractivity contribution in [2.75, 3.05) is 5.73 Å². The molecule has 0 bridgehead atoms. The molecule has 0 amide bonds. The fourth-order valence-corrected chi connectivity index (χ4v) is 3.00. The fraction of sp³-hybridized carbons (Fsp3) is 0.167. The molecule has 0 fully saturated rings. The van der Waals surface area contributed by atoms with Gasteiger partial charge in [0.25, 0.3) is 0 Å². The molecule has 0 aliphatic carbocycles. The molecule has 5 nitrogen and oxygen atoms in total. The number of thiophene rings is 1. The van der Waals surface area contributed by atoms with Gasteiger partial charge in [0.1, 0.15) is 0 Å². The first kappa shape index (κ1) is 14.0. The Bertz CT molecular complexity index is 665. The summed E-state index contributed by atoms with van der Waals surface area (Å²) in [7, 11) is -3.65. The molecule has 1 heterocycles. The molecule has 7 heteroatoms. The largest absolute Gasteiger partial charge is 0.398 e. The molecule has 2 rings (SSSR count). The summed E-state index contributed by atoms with van der Waals surface area (Å²) in [4.78, 5) is 1.20. The van der Waals surface area contributed by atoms with Crippen LogP contribution in [-0.4, -0.2) is 8.42 Å². The van der Waals surface area contributed by atoms with Crippen LogP contribution >= 0.6 is 11.3 Å². The summed E-state index contributed by atoms with van der Waals surface area (Å²) < 4.78 is 22.5. The molecule has 1 aromatic heterocycles. The summed E-state index contributed by atoms with van der Waals surface area (Å²) in [6, 6.07) is 8.44. The van der Waals surface area contributed by atoms with Gasteiger partial charge in [-0.05, 0) is 29.1 Å². The van der Waals surface area contributed by atoms with Gasteiger partial charge >= 0.3 is 0 Å². The molecule has 5 N–H and O–H groups in total. The molecule has 0 saturated heterocycles. The summed E-state index contributed by atoms with van der Waals surface area (Å²) in [6.45, 7) is 1.21. The maximum atomic E-state index is 11.2. The molecule has 0 spiro atoms. The zero-order valence-electron chi connectivity index (χ0n) is 10.2. The monoisotopic (exact) mass is 297 g/mol. The summed E-state index contributed by atoms with van der Waals surface area (Å²) in [5.74, 6) is 0. The molecule has 0 unspecified atom stereocenters. The van der Waals surface area contributed by atoms with Crippen LogP contribution in [0.25, 0.3) is 0 Å². The molecule has 0 atom stereocenters. The van der Waals surface area contributed by atoms with E-state index in [9.17, 15) is 8.42 Å². The maximum Gasteiger partial charge on any atom is 0.238 e. The van der Waals surface area contributed by atoms with Crippen LogP contribution in [0.15, 0.2) is 40.6 Å². The molecule has 19 heavy (non-hydrogen) atoms. The lowest BCUT2D eigenvalue weighted by molar-refractivity contribution is 0.597. The Labute approximate surface area is 116 Å². The smallest absolute Gasteiger partial charge is 0.238 e. The quantitative estimate of drug-likeness (QED) is 0.774. The van der Waals surface area contributed by atoms with Gasteiger partial charge in [-0.3, -0.25) is 0 Å². The van der Waals surface area contributed by atoms with Crippen LogP contribution in [0.1, 0.15) is 10.4 Å². The van der Waals surface area contributed by atoms with Crippen LogP contribution in [0.2, 0.25) is 0 Å². The van der Waals surface area contributed by atoms with Crippen molar-refractivity contribution in [3.63, 3.8) is 0 Å². The van der Waals surface area contributed by atoms with Gasteiger partial charge in [-0.2, -0.15) is 0 Å². The highest BCUT2D eigenvalue weighted by molar-refractivity contribution is 7.89. The van der Waals surface area contributed by atoms with Crippen LogP contribution in [0.5, 0.6) is 0 Å². The Balaban J connectivity index is 1.99. The minimum absolute atomic E-state index is 0.127. The number of benzene rings is 1. The van der Waals surface area contributed by atoms with E-state index in [-0.39, 0.29) is 4.90 Å². The number of rotatable bonds is 5. The fourth-order valence-electron chi connectivity index (χ4n) is 1.65. The molecule has 102 valence electrons. The maximum absolute atomic E-state index is 11.2. The van der Waals surface area contributed by atoms with Crippen molar-refractivity contribution >= 4 is 27.0 Å². The summed E-state index contributed by atoms with van der Waals surface area (Å²) in [5.41, 5.74) is 7.41. The van der Waals surface area contributed by atoms with Crippen molar-refractivity contribution in [1.82, 2.24) is 5.32 Å².